The number of ether oxygens (including phenoxy) is 1. The summed E-state index contributed by atoms with van der Waals surface area (Å²) in [6.45, 7) is 10.5. The molecule has 0 radical (unpaired) electrons. The first-order valence-corrected chi connectivity index (χ1v) is 13.9. The number of aryl methyl sites for hydroxylation is 1. The molecule has 1 saturated heterocycles. The van der Waals surface area contributed by atoms with Crippen LogP contribution in [0.3, 0.4) is 0 Å². The fourth-order valence-corrected chi connectivity index (χ4v) is 5.78. The second-order valence-electron chi connectivity index (χ2n) is 11.0. The van der Waals surface area contributed by atoms with Crippen LogP contribution in [0.15, 0.2) is 42.6 Å². The minimum absolute atomic E-state index is 0.00503. The van der Waals surface area contributed by atoms with Crippen molar-refractivity contribution in [2.24, 2.45) is 0 Å². The van der Waals surface area contributed by atoms with Crippen LogP contribution in [0.2, 0.25) is 5.02 Å². The summed E-state index contributed by atoms with van der Waals surface area (Å²) in [5.74, 6) is 1.59. The third-order valence-corrected chi connectivity index (χ3v) is 8.23. The maximum atomic E-state index is 12.4. The van der Waals surface area contributed by atoms with Gasteiger partial charge in [-0.25, -0.2) is 4.98 Å². The lowest BCUT2D eigenvalue weighted by atomic mass is 9.83. The van der Waals surface area contributed by atoms with Gasteiger partial charge >= 0.3 is 0 Å². The van der Waals surface area contributed by atoms with E-state index in [1.807, 2.05) is 32.0 Å². The molecule has 1 fully saturated rings. The smallest absolute Gasteiger partial charge is 0.234 e. The third kappa shape index (κ3) is 5.88. The fraction of sp³-hybridized carbons (Fsp3) is 0.433. The van der Waals surface area contributed by atoms with Crippen molar-refractivity contribution < 1.29 is 9.53 Å². The van der Waals surface area contributed by atoms with Crippen molar-refractivity contribution in [1.29, 1.82) is 0 Å². The average Bonchev–Trinajstić information content (AvgIpc) is 3.17. The Morgan fingerprint density at radius 3 is 2.74 bits per heavy atom. The Morgan fingerprint density at radius 2 is 2.00 bits per heavy atom. The Labute approximate surface area is 235 Å². The van der Waals surface area contributed by atoms with Crippen LogP contribution < -0.4 is 16.0 Å². The zero-order chi connectivity index (χ0) is 27.6. The Hall–Kier alpha value is -3.20. The highest BCUT2D eigenvalue weighted by molar-refractivity contribution is 6.32. The number of nitrogens with one attached hydrogen (secondary N) is 3. The molecule has 2 aromatic carbocycles. The summed E-state index contributed by atoms with van der Waals surface area (Å²) < 4.78 is 5.22. The van der Waals surface area contributed by atoms with Crippen molar-refractivity contribution in [2.45, 2.75) is 51.5 Å². The van der Waals surface area contributed by atoms with Crippen LogP contribution >= 0.6 is 11.6 Å². The normalized spacial score (nSPS) is 17.1. The molecule has 0 bridgehead atoms. The summed E-state index contributed by atoms with van der Waals surface area (Å²) >= 11 is 6.45. The summed E-state index contributed by atoms with van der Waals surface area (Å²) in [4.78, 5) is 24.0. The number of fused-ring (bicyclic) bond motifs is 1. The SMILES string of the molecule is COCCN1CCC(c2ccc(Nc3ncc(Cl)c(NCc4cccc5c4C(C)(C)C(=O)N5)n3)c(C)c2)CC1. The minimum atomic E-state index is -0.597. The highest BCUT2D eigenvalue weighted by Crippen LogP contribution is 2.40. The number of amides is 1. The standard InChI is InChI=1S/C30H37ClN6O2/c1-19-16-21(20-10-12-37(13-11-20)14-15-39-4)8-9-24(19)35-29-33-18-23(31)27(36-29)32-17-22-6-5-7-25-26(22)30(2,3)28(38)34-25/h5-9,16,18,20H,10-15,17H2,1-4H3,(H,34,38)(H2,32,33,35,36). The highest BCUT2D eigenvalue weighted by Gasteiger charge is 2.39. The number of carbonyl (C=O) groups is 1. The fourth-order valence-electron chi connectivity index (χ4n) is 5.62. The Balaban J connectivity index is 1.25. The molecular formula is C30H37ClN6O2. The van der Waals surface area contributed by atoms with Gasteiger partial charge < -0.3 is 25.6 Å². The summed E-state index contributed by atoms with van der Waals surface area (Å²) in [7, 11) is 1.76. The molecule has 2 aliphatic rings. The zero-order valence-corrected chi connectivity index (χ0v) is 23.9. The van der Waals surface area contributed by atoms with Crippen LogP contribution in [-0.2, 0) is 21.5 Å². The molecule has 39 heavy (non-hydrogen) atoms. The topological polar surface area (TPSA) is 91.4 Å². The van der Waals surface area contributed by atoms with E-state index in [0.717, 1.165) is 67.1 Å². The van der Waals surface area contributed by atoms with Crippen molar-refractivity contribution >= 4 is 40.6 Å². The molecule has 9 heteroatoms. The highest BCUT2D eigenvalue weighted by atomic mass is 35.5. The third-order valence-electron chi connectivity index (χ3n) is 7.95. The van der Waals surface area contributed by atoms with Crippen LogP contribution in [-0.4, -0.2) is 54.1 Å². The molecule has 0 unspecified atom stereocenters. The summed E-state index contributed by atoms with van der Waals surface area (Å²) in [5.41, 5.74) is 5.79. The van der Waals surface area contributed by atoms with E-state index in [-0.39, 0.29) is 5.91 Å². The number of methoxy groups -OCH3 is 1. The molecule has 3 aromatic rings. The largest absolute Gasteiger partial charge is 0.383 e. The molecule has 0 atom stereocenters. The lowest BCUT2D eigenvalue weighted by Crippen LogP contribution is -2.35. The first-order valence-electron chi connectivity index (χ1n) is 13.6. The number of halogens is 1. The number of piperidine rings is 1. The van der Waals surface area contributed by atoms with Gasteiger partial charge in [0.05, 0.1) is 18.2 Å². The predicted octanol–water partition coefficient (Wildman–Crippen LogP) is 5.85. The number of aromatic nitrogens is 2. The van der Waals surface area contributed by atoms with E-state index in [1.54, 1.807) is 13.3 Å². The molecule has 0 aliphatic carbocycles. The Morgan fingerprint density at radius 1 is 1.21 bits per heavy atom. The van der Waals surface area contributed by atoms with Gasteiger partial charge in [0, 0.05) is 31.6 Å². The molecule has 8 nitrogen and oxygen atoms in total. The maximum absolute atomic E-state index is 12.4. The van der Waals surface area contributed by atoms with Crippen LogP contribution in [0.25, 0.3) is 0 Å². The molecule has 0 saturated carbocycles. The van der Waals surface area contributed by atoms with Crippen molar-refractivity contribution in [1.82, 2.24) is 14.9 Å². The lowest BCUT2D eigenvalue weighted by molar-refractivity contribution is -0.119. The number of nitrogens with zero attached hydrogens (tertiary/aromatic N) is 3. The molecule has 3 N–H and O–H groups in total. The van der Waals surface area contributed by atoms with Gasteiger partial charge in [-0.1, -0.05) is 35.9 Å². The van der Waals surface area contributed by atoms with Gasteiger partial charge in [-0.2, -0.15) is 4.98 Å². The van der Waals surface area contributed by atoms with Crippen LogP contribution in [0.5, 0.6) is 0 Å². The average molecular weight is 549 g/mol. The van der Waals surface area contributed by atoms with Crippen molar-refractivity contribution in [2.75, 3.05) is 49.3 Å². The first kappa shape index (κ1) is 27.4. The van der Waals surface area contributed by atoms with E-state index in [1.165, 1.54) is 5.56 Å². The molecule has 5 rings (SSSR count). The second-order valence-corrected chi connectivity index (χ2v) is 11.4. The van der Waals surface area contributed by atoms with Gasteiger partial charge in [0.1, 0.15) is 5.02 Å². The Kier molecular flexibility index (Phi) is 8.07. The van der Waals surface area contributed by atoms with Crippen LogP contribution in [0.4, 0.5) is 23.1 Å². The van der Waals surface area contributed by atoms with Gasteiger partial charge in [0.2, 0.25) is 11.9 Å². The first-order chi connectivity index (χ1) is 18.8. The number of carbonyl (C=O) groups excluding carboxylic acids is 1. The monoisotopic (exact) mass is 548 g/mol. The van der Waals surface area contributed by atoms with Crippen molar-refractivity contribution in [3.8, 4) is 0 Å². The lowest BCUT2D eigenvalue weighted by Gasteiger charge is -2.32. The van der Waals surface area contributed by atoms with E-state index in [4.69, 9.17) is 16.3 Å². The summed E-state index contributed by atoms with van der Waals surface area (Å²) in [6, 6.07) is 12.5. The van der Waals surface area contributed by atoms with Gasteiger partial charge in [-0.3, -0.25) is 4.79 Å². The summed E-state index contributed by atoms with van der Waals surface area (Å²) in [5, 5.41) is 10.1. The van der Waals surface area contributed by atoms with Crippen molar-refractivity contribution in [3.63, 3.8) is 0 Å². The Bertz CT molecular complexity index is 1350. The number of rotatable bonds is 9. The number of hydrogen-bond donors (Lipinski definition) is 3. The van der Waals surface area contributed by atoms with E-state index < -0.39 is 5.41 Å². The number of anilines is 4. The van der Waals surface area contributed by atoms with E-state index in [2.05, 4.69) is 55.9 Å². The quantitative estimate of drug-likeness (QED) is 0.309. The molecule has 2 aliphatic heterocycles. The predicted molar refractivity (Wildman–Crippen MR) is 157 cm³/mol. The molecule has 206 valence electrons. The molecule has 1 aromatic heterocycles. The molecular weight excluding hydrogens is 512 g/mol. The van der Waals surface area contributed by atoms with Gasteiger partial charge in [-0.15, -0.1) is 0 Å². The van der Waals surface area contributed by atoms with E-state index in [9.17, 15) is 4.79 Å². The van der Waals surface area contributed by atoms with Crippen LogP contribution in [0, 0.1) is 6.92 Å². The van der Waals surface area contributed by atoms with E-state index >= 15 is 0 Å². The van der Waals surface area contributed by atoms with Crippen LogP contribution in [0.1, 0.15) is 54.9 Å². The zero-order valence-electron chi connectivity index (χ0n) is 23.1. The molecule has 1 amide bonds. The van der Waals surface area contributed by atoms with Gasteiger partial charge in [0.25, 0.3) is 0 Å². The van der Waals surface area contributed by atoms with Gasteiger partial charge in [0.15, 0.2) is 5.82 Å². The minimum Gasteiger partial charge on any atom is -0.383 e. The number of hydrogen-bond acceptors (Lipinski definition) is 7. The summed E-state index contributed by atoms with van der Waals surface area (Å²) in [6.07, 6.45) is 3.93. The number of likely N-dealkylation sites (tertiary alicyclic amines) is 1. The molecule has 3 heterocycles. The second kappa shape index (κ2) is 11.5. The maximum Gasteiger partial charge on any atom is 0.234 e. The van der Waals surface area contributed by atoms with Gasteiger partial charge in [-0.05, 0) is 87.0 Å². The molecule has 0 spiro atoms. The van der Waals surface area contributed by atoms with E-state index in [0.29, 0.717) is 29.3 Å². The van der Waals surface area contributed by atoms with Crippen molar-refractivity contribution in [3.05, 3.63) is 69.9 Å². The number of benzene rings is 2.